The van der Waals surface area contributed by atoms with Crippen molar-refractivity contribution in [3.8, 4) is 0 Å². The molecule has 1 aliphatic rings. The molecule has 0 radical (unpaired) electrons. The fourth-order valence-electron chi connectivity index (χ4n) is 3.25. The Balaban J connectivity index is 1.84. The van der Waals surface area contributed by atoms with Crippen LogP contribution in [-0.2, 0) is 4.79 Å². The maximum absolute atomic E-state index is 13.8. The maximum atomic E-state index is 13.8. The van der Waals surface area contributed by atoms with Crippen LogP contribution in [0.2, 0.25) is 10.0 Å². The van der Waals surface area contributed by atoms with Gasteiger partial charge in [-0.15, -0.1) is 0 Å². The van der Waals surface area contributed by atoms with E-state index in [1.165, 1.54) is 6.07 Å². The fourth-order valence-corrected chi connectivity index (χ4v) is 3.71. The van der Waals surface area contributed by atoms with E-state index in [2.05, 4.69) is 0 Å². The molecule has 1 amide bonds. The summed E-state index contributed by atoms with van der Waals surface area (Å²) in [5.41, 5.74) is 3.86. The van der Waals surface area contributed by atoms with Gasteiger partial charge in [0.25, 0.3) is 5.91 Å². The number of anilines is 1. The highest BCUT2D eigenvalue weighted by Crippen LogP contribution is 2.36. The maximum Gasteiger partial charge on any atom is 0.262 e. The summed E-state index contributed by atoms with van der Waals surface area (Å²) in [5, 5.41) is 0.988. The summed E-state index contributed by atoms with van der Waals surface area (Å²) < 4.78 is 13.8. The predicted octanol–water partition coefficient (Wildman–Crippen LogP) is 6.91. The first-order chi connectivity index (χ1) is 13.9. The Bertz CT molecular complexity index is 1170. The first-order valence-corrected chi connectivity index (χ1v) is 9.74. The molecule has 29 heavy (non-hydrogen) atoms. The van der Waals surface area contributed by atoms with Crippen LogP contribution in [0, 0.1) is 12.7 Å². The highest BCUT2D eigenvalue weighted by Gasteiger charge is 2.30. The van der Waals surface area contributed by atoms with Crippen molar-refractivity contribution in [1.29, 1.82) is 0 Å². The smallest absolute Gasteiger partial charge is 0.262 e. The van der Waals surface area contributed by atoms with Gasteiger partial charge < -0.3 is 0 Å². The topological polar surface area (TPSA) is 20.3 Å². The molecule has 3 aromatic rings. The molecule has 0 N–H and O–H groups in total. The van der Waals surface area contributed by atoms with Crippen LogP contribution in [0.15, 0.2) is 78.4 Å². The third-order valence-electron chi connectivity index (χ3n) is 4.73. The number of hydrogen-bond donors (Lipinski definition) is 0. The molecule has 1 heterocycles. The van der Waals surface area contributed by atoms with E-state index in [4.69, 9.17) is 23.2 Å². The van der Waals surface area contributed by atoms with Crippen LogP contribution in [-0.4, -0.2) is 5.91 Å². The molecule has 3 aromatic carbocycles. The van der Waals surface area contributed by atoms with Crippen LogP contribution in [0.25, 0.3) is 11.8 Å². The average Bonchev–Trinajstić information content (AvgIpc) is 3.03. The van der Waals surface area contributed by atoms with Crippen molar-refractivity contribution < 1.29 is 9.18 Å². The second-order valence-corrected chi connectivity index (χ2v) is 7.58. The molecular formula is C24H16Cl2FNO. The van der Waals surface area contributed by atoms with Crippen LogP contribution in [0.4, 0.5) is 10.1 Å². The zero-order chi connectivity index (χ0) is 20.5. The Morgan fingerprint density at radius 2 is 1.72 bits per heavy atom. The van der Waals surface area contributed by atoms with Crippen LogP contribution in [0.5, 0.6) is 0 Å². The number of hydrogen-bond acceptors (Lipinski definition) is 1. The second kappa shape index (κ2) is 7.86. The van der Waals surface area contributed by atoms with Crippen molar-refractivity contribution in [1.82, 2.24) is 0 Å². The van der Waals surface area contributed by atoms with Crippen LogP contribution < -0.4 is 4.90 Å². The summed E-state index contributed by atoms with van der Waals surface area (Å²) in [7, 11) is 0. The van der Waals surface area contributed by atoms with Crippen LogP contribution >= 0.6 is 23.2 Å². The highest BCUT2D eigenvalue weighted by molar-refractivity contribution is 6.35. The minimum Gasteiger partial charge on any atom is -0.276 e. The lowest BCUT2D eigenvalue weighted by Crippen LogP contribution is -2.25. The van der Waals surface area contributed by atoms with Crippen molar-refractivity contribution in [3.63, 3.8) is 0 Å². The largest absolute Gasteiger partial charge is 0.276 e. The zero-order valence-electron chi connectivity index (χ0n) is 15.5. The number of benzene rings is 3. The van der Waals surface area contributed by atoms with Gasteiger partial charge in [-0.3, -0.25) is 9.69 Å². The summed E-state index contributed by atoms with van der Waals surface area (Å²) in [6.07, 6.45) is 3.56. The Hall–Kier alpha value is -2.88. The molecule has 0 unspecified atom stereocenters. The van der Waals surface area contributed by atoms with Crippen LogP contribution in [0.3, 0.4) is 0 Å². The number of carbonyl (C=O) groups is 1. The number of carbonyl (C=O) groups excluding carboxylic acids is 1. The van der Waals surface area contributed by atoms with E-state index in [0.717, 1.165) is 11.3 Å². The standard InChI is InChI=1S/C24H16Cl2FNO/c1-15-11-20(9-10-22(15)27)28-23(16-5-3-2-4-6-16)13-18(24(28)29)12-17-7-8-19(25)14-21(17)26/h2-14H,1H3/b18-12+. The normalized spacial score (nSPS) is 15.2. The Kier molecular flexibility index (Phi) is 5.27. The van der Waals surface area contributed by atoms with Crippen molar-refractivity contribution >= 4 is 46.6 Å². The van der Waals surface area contributed by atoms with Crippen molar-refractivity contribution in [2.75, 3.05) is 4.90 Å². The Morgan fingerprint density at radius 3 is 2.41 bits per heavy atom. The zero-order valence-corrected chi connectivity index (χ0v) is 17.0. The summed E-state index contributed by atoms with van der Waals surface area (Å²) in [6.45, 7) is 1.68. The quantitative estimate of drug-likeness (QED) is 0.419. The summed E-state index contributed by atoms with van der Waals surface area (Å²) in [4.78, 5) is 14.9. The highest BCUT2D eigenvalue weighted by atomic mass is 35.5. The van der Waals surface area contributed by atoms with Gasteiger partial charge in [-0.05, 0) is 66.1 Å². The number of nitrogens with zero attached hydrogens (tertiary/aromatic N) is 1. The van der Waals surface area contributed by atoms with E-state index in [1.807, 2.05) is 36.4 Å². The first kappa shape index (κ1) is 19.4. The molecule has 0 atom stereocenters. The first-order valence-electron chi connectivity index (χ1n) is 8.98. The lowest BCUT2D eigenvalue weighted by atomic mass is 10.1. The monoisotopic (exact) mass is 423 g/mol. The molecule has 0 saturated heterocycles. The molecule has 0 aromatic heterocycles. The molecule has 1 aliphatic heterocycles. The minimum atomic E-state index is -0.311. The minimum absolute atomic E-state index is 0.208. The van der Waals surface area contributed by atoms with Crippen molar-refractivity contribution in [3.05, 3.63) is 111 Å². The van der Waals surface area contributed by atoms with E-state index in [1.54, 1.807) is 48.2 Å². The van der Waals surface area contributed by atoms with E-state index in [9.17, 15) is 9.18 Å². The van der Waals surface area contributed by atoms with E-state index >= 15 is 0 Å². The lowest BCUT2D eigenvalue weighted by Gasteiger charge is -2.21. The van der Waals surface area contributed by atoms with E-state index in [0.29, 0.717) is 32.4 Å². The predicted molar refractivity (Wildman–Crippen MR) is 117 cm³/mol. The van der Waals surface area contributed by atoms with Gasteiger partial charge in [0.1, 0.15) is 5.82 Å². The third kappa shape index (κ3) is 3.84. The molecule has 0 aliphatic carbocycles. The van der Waals surface area contributed by atoms with Gasteiger partial charge in [-0.2, -0.15) is 0 Å². The van der Waals surface area contributed by atoms with Crippen LogP contribution in [0.1, 0.15) is 16.7 Å². The van der Waals surface area contributed by atoms with E-state index in [-0.39, 0.29) is 11.7 Å². The summed E-state index contributed by atoms with van der Waals surface area (Å²) in [6, 6.07) is 19.4. The van der Waals surface area contributed by atoms with Gasteiger partial charge in [-0.25, -0.2) is 4.39 Å². The molecule has 2 nitrogen and oxygen atoms in total. The lowest BCUT2D eigenvalue weighted by molar-refractivity contribution is -0.113. The van der Waals surface area contributed by atoms with Gasteiger partial charge in [-0.1, -0.05) is 59.6 Å². The number of amides is 1. The third-order valence-corrected chi connectivity index (χ3v) is 5.29. The molecule has 4 rings (SSSR count). The van der Waals surface area contributed by atoms with Gasteiger partial charge >= 0.3 is 0 Å². The number of halogens is 3. The average molecular weight is 424 g/mol. The molecule has 144 valence electrons. The fraction of sp³-hybridized carbons (Fsp3) is 0.0417. The van der Waals surface area contributed by atoms with Gasteiger partial charge in [0.2, 0.25) is 0 Å². The Morgan fingerprint density at radius 1 is 0.966 bits per heavy atom. The molecular weight excluding hydrogens is 408 g/mol. The van der Waals surface area contributed by atoms with Gasteiger partial charge in [0, 0.05) is 21.3 Å². The molecule has 0 bridgehead atoms. The molecule has 0 saturated carbocycles. The molecule has 0 spiro atoms. The number of aryl methyl sites for hydroxylation is 1. The number of rotatable bonds is 3. The summed E-state index contributed by atoms with van der Waals surface area (Å²) in [5.74, 6) is -0.518. The van der Waals surface area contributed by atoms with E-state index < -0.39 is 0 Å². The SMILES string of the molecule is Cc1cc(N2C(=O)/C(=C/c3ccc(Cl)cc3Cl)C=C2c2ccccc2)ccc1F. The van der Waals surface area contributed by atoms with Crippen molar-refractivity contribution in [2.24, 2.45) is 0 Å². The molecule has 0 fully saturated rings. The second-order valence-electron chi connectivity index (χ2n) is 6.74. The summed E-state index contributed by atoms with van der Waals surface area (Å²) >= 11 is 12.3. The molecule has 5 heteroatoms. The Labute approximate surface area is 178 Å². The van der Waals surface area contributed by atoms with Gasteiger partial charge in [0.05, 0.1) is 5.70 Å². The van der Waals surface area contributed by atoms with Gasteiger partial charge in [0.15, 0.2) is 0 Å². The van der Waals surface area contributed by atoms with Crippen molar-refractivity contribution in [2.45, 2.75) is 6.92 Å².